The Hall–Kier alpha value is -3.71. The molecule has 0 radical (unpaired) electrons. The van der Waals surface area contributed by atoms with E-state index in [2.05, 4.69) is 15.6 Å². The monoisotopic (exact) mass is 546 g/mol. The van der Waals surface area contributed by atoms with E-state index in [1.165, 1.54) is 4.90 Å². The number of likely N-dealkylation sites (tertiary alicyclic amines) is 1. The lowest BCUT2D eigenvalue weighted by Crippen LogP contribution is -2.56. The number of nitrogens with one attached hydrogen (secondary N) is 2. The molecule has 13 nitrogen and oxygen atoms in total. The van der Waals surface area contributed by atoms with Gasteiger partial charge in [-0.1, -0.05) is 30.3 Å². The molecule has 1 saturated heterocycles. The predicted octanol–water partition coefficient (Wildman–Crippen LogP) is -1.22. The van der Waals surface area contributed by atoms with Gasteiger partial charge in [-0.15, -0.1) is 0 Å². The average molecular weight is 547 g/mol. The molecule has 1 aliphatic rings. The molecule has 1 heterocycles. The number of carbonyl (C=O) groups is 4. The minimum absolute atomic E-state index is 0.0992. The molecule has 0 aliphatic carbocycles. The molecule has 0 saturated carbocycles. The molecule has 216 valence electrons. The summed E-state index contributed by atoms with van der Waals surface area (Å²) in [5, 5.41) is 14.8. The Labute approximate surface area is 228 Å². The molecule has 4 unspecified atom stereocenters. The van der Waals surface area contributed by atoms with Crippen molar-refractivity contribution in [3.8, 4) is 0 Å². The molecule has 39 heavy (non-hydrogen) atoms. The van der Waals surface area contributed by atoms with Crippen LogP contribution in [0.5, 0.6) is 0 Å². The molecule has 1 aromatic carbocycles. The van der Waals surface area contributed by atoms with Crippen LogP contribution in [0.1, 0.15) is 50.5 Å². The van der Waals surface area contributed by atoms with Crippen molar-refractivity contribution in [1.29, 1.82) is 0 Å². The molecule has 0 spiro atoms. The standard InChI is InChI=1S/C26H42N8O5/c27-13-5-4-10-20(25(38)39)33-22(35)19(11-6-14-31-26(29)30)32-23(36)21-12-7-15-34(21)24(37)18(28)16-17-8-2-1-3-9-17/h1-3,8-9,18-21H,4-7,10-16,27-28H2,(H,32,36)(H,33,35)(H,38,39)(H4,29,30,31). The van der Waals surface area contributed by atoms with Crippen LogP contribution >= 0.6 is 0 Å². The van der Waals surface area contributed by atoms with Gasteiger partial charge in [-0.25, -0.2) is 4.79 Å². The molecule has 11 N–H and O–H groups in total. The van der Waals surface area contributed by atoms with Crippen LogP contribution in [0.3, 0.4) is 0 Å². The van der Waals surface area contributed by atoms with E-state index in [4.69, 9.17) is 22.9 Å². The maximum atomic E-state index is 13.3. The lowest BCUT2D eigenvalue weighted by molar-refractivity contribution is -0.143. The molecule has 4 atom stereocenters. The molecule has 1 aliphatic heterocycles. The third kappa shape index (κ3) is 10.5. The first-order chi connectivity index (χ1) is 18.6. The van der Waals surface area contributed by atoms with Crippen LogP contribution in [0.25, 0.3) is 0 Å². The summed E-state index contributed by atoms with van der Waals surface area (Å²) in [6.45, 7) is 1.02. The normalized spacial score (nSPS) is 17.1. The maximum absolute atomic E-state index is 13.3. The second-order valence-electron chi connectivity index (χ2n) is 9.68. The molecule has 1 aromatic rings. The quantitative estimate of drug-likeness (QED) is 0.0747. The number of unbranched alkanes of at least 4 members (excludes halogenated alkanes) is 1. The Bertz CT molecular complexity index is 986. The zero-order chi connectivity index (χ0) is 28.8. The molecule has 0 bridgehead atoms. The molecule has 3 amide bonds. The van der Waals surface area contributed by atoms with E-state index in [-0.39, 0.29) is 31.3 Å². The van der Waals surface area contributed by atoms with Crippen molar-refractivity contribution < 1.29 is 24.3 Å². The number of guanidine groups is 1. The molecular formula is C26H42N8O5. The number of nitrogens with two attached hydrogens (primary N) is 4. The Balaban J connectivity index is 2.09. The van der Waals surface area contributed by atoms with Gasteiger partial charge in [0.2, 0.25) is 17.7 Å². The molecule has 13 heteroatoms. The first-order valence-corrected chi connectivity index (χ1v) is 13.3. The Kier molecular flexibility index (Phi) is 13.2. The van der Waals surface area contributed by atoms with Crippen LogP contribution in [0.2, 0.25) is 0 Å². The fourth-order valence-electron chi connectivity index (χ4n) is 4.53. The average Bonchev–Trinajstić information content (AvgIpc) is 3.39. The minimum Gasteiger partial charge on any atom is -0.480 e. The van der Waals surface area contributed by atoms with Gasteiger partial charge in [0.25, 0.3) is 0 Å². The summed E-state index contributed by atoms with van der Waals surface area (Å²) >= 11 is 0. The van der Waals surface area contributed by atoms with E-state index in [1.54, 1.807) is 0 Å². The number of amides is 3. The van der Waals surface area contributed by atoms with Crippen molar-refractivity contribution in [2.45, 2.75) is 75.5 Å². The molecule has 2 rings (SSSR count). The van der Waals surface area contributed by atoms with Crippen molar-refractivity contribution in [3.05, 3.63) is 35.9 Å². The van der Waals surface area contributed by atoms with Crippen LogP contribution < -0.4 is 33.6 Å². The third-order valence-electron chi connectivity index (χ3n) is 6.59. The van der Waals surface area contributed by atoms with Gasteiger partial charge in [0.1, 0.15) is 18.1 Å². The van der Waals surface area contributed by atoms with Gasteiger partial charge in [0, 0.05) is 13.1 Å². The maximum Gasteiger partial charge on any atom is 0.326 e. The van der Waals surface area contributed by atoms with Gasteiger partial charge in [-0.2, -0.15) is 0 Å². The fraction of sp³-hybridized carbons (Fsp3) is 0.577. The van der Waals surface area contributed by atoms with Crippen molar-refractivity contribution in [3.63, 3.8) is 0 Å². The number of carbonyl (C=O) groups excluding carboxylic acids is 3. The first kappa shape index (κ1) is 31.5. The first-order valence-electron chi connectivity index (χ1n) is 13.3. The van der Waals surface area contributed by atoms with Crippen LogP contribution in [0, 0.1) is 0 Å². The van der Waals surface area contributed by atoms with Crippen molar-refractivity contribution in [1.82, 2.24) is 15.5 Å². The number of nitrogens with zero attached hydrogens (tertiary/aromatic N) is 2. The van der Waals surface area contributed by atoms with Crippen molar-refractivity contribution in [2.75, 3.05) is 19.6 Å². The van der Waals surface area contributed by atoms with Crippen LogP contribution in [-0.4, -0.2) is 83.5 Å². The summed E-state index contributed by atoms with van der Waals surface area (Å²) in [4.78, 5) is 56.6. The largest absolute Gasteiger partial charge is 0.480 e. The number of aliphatic imine (C=N–C) groups is 1. The van der Waals surface area contributed by atoms with Gasteiger partial charge < -0.3 is 43.6 Å². The highest BCUT2D eigenvalue weighted by atomic mass is 16.4. The number of rotatable bonds is 16. The Morgan fingerprint density at radius 2 is 1.72 bits per heavy atom. The van der Waals surface area contributed by atoms with E-state index in [0.717, 1.165) is 5.56 Å². The summed E-state index contributed by atoms with van der Waals surface area (Å²) in [6.07, 6.45) is 3.25. The van der Waals surface area contributed by atoms with Gasteiger partial charge in [0.15, 0.2) is 5.96 Å². The highest BCUT2D eigenvalue weighted by Gasteiger charge is 2.37. The number of carboxylic acids is 1. The topological polar surface area (TPSA) is 232 Å². The van der Waals surface area contributed by atoms with Gasteiger partial charge >= 0.3 is 5.97 Å². The van der Waals surface area contributed by atoms with Gasteiger partial charge in [0.05, 0.1) is 6.04 Å². The lowest BCUT2D eigenvalue weighted by Gasteiger charge is -2.28. The molecule has 0 aromatic heterocycles. The van der Waals surface area contributed by atoms with Crippen molar-refractivity contribution in [2.24, 2.45) is 27.9 Å². The zero-order valence-electron chi connectivity index (χ0n) is 22.3. The van der Waals surface area contributed by atoms with Crippen LogP contribution in [-0.2, 0) is 25.6 Å². The molecular weight excluding hydrogens is 504 g/mol. The predicted molar refractivity (Wildman–Crippen MR) is 147 cm³/mol. The highest BCUT2D eigenvalue weighted by Crippen LogP contribution is 2.20. The minimum atomic E-state index is -1.18. The van der Waals surface area contributed by atoms with Crippen LogP contribution in [0.4, 0.5) is 0 Å². The van der Waals surface area contributed by atoms with E-state index in [1.807, 2.05) is 30.3 Å². The number of carboxylic acid groups (broad SMARTS) is 1. The summed E-state index contributed by atoms with van der Waals surface area (Å²) < 4.78 is 0. The lowest BCUT2D eigenvalue weighted by atomic mass is 10.0. The SMILES string of the molecule is NCCCCC(NC(=O)C(CCCN=C(N)N)NC(=O)C1CCCN1C(=O)C(N)Cc1ccccc1)C(=O)O. The van der Waals surface area contributed by atoms with Crippen molar-refractivity contribution >= 4 is 29.7 Å². The summed E-state index contributed by atoms with van der Waals surface area (Å²) in [5.74, 6) is -2.74. The summed E-state index contributed by atoms with van der Waals surface area (Å²) in [5.41, 5.74) is 23.3. The zero-order valence-corrected chi connectivity index (χ0v) is 22.3. The van der Waals surface area contributed by atoms with Crippen LogP contribution in [0.15, 0.2) is 35.3 Å². The van der Waals surface area contributed by atoms with E-state index >= 15 is 0 Å². The number of hydrogen-bond donors (Lipinski definition) is 7. The Morgan fingerprint density at radius 1 is 1.03 bits per heavy atom. The Morgan fingerprint density at radius 3 is 2.36 bits per heavy atom. The smallest absolute Gasteiger partial charge is 0.326 e. The molecule has 1 fully saturated rings. The fourth-order valence-corrected chi connectivity index (χ4v) is 4.53. The second kappa shape index (κ2) is 16.3. The van der Waals surface area contributed by atoms with E-state index < -0.39 is 42.0 Å². The van der Waals surface area contributed by atoms with E-state index in [0.29, 0.717) is 51.6 Å². The number of hydrogen-bond acceptors (Lipinski definition) is 7. The number of aliphatic carboxylic acids is 1. The number of benzene rings is 1. The summed E-state index contributed by atoms with van der Waals surface area (Å²) in [7, 11) is 0. The van der Waals surface area contributed by atoms with E-state index in [9.17, 15) is 24.3 Å². The second-order valence-corrected chi connectivity index (χ2v) is 9.68. The highest BCUT2D eigenvalue weighted by molar-refractivity contribution is 5.94. The third-order valence-corrected chi connectivity index (χ3v) is 6.59. The van der Waals surface area contributed by atoms with Gasteiger partial charge in [-0.3, -0.25) is 19.4 Å². The van der Waals surface area contributed by atoms with Gasteiger partial charge in [-0.05, 0) is 63.5 Å². The summed E-state index contributed by atoms with van der Waals surface area (Å²) in [6, 6.07) is 5.60.